The molecule has 4 aliphatic rings. The lowest BCUT2D eigenvalue weighted by Crippen LogP contribution is -2.45. The van der Waals surface area contributed by atoms with E-state index in [4.69, 9.17) is 22.3 Å². The first kappa shape index (κ1) is 114. The number of carbonyl (C=O) groups excluding carboxylic acids is 23. The van der Waals surface area contributed by atoms with Crippen molar-refractivity contribution in [2.75, 3.05) is 52.4 Å². The van der Waals surface area contributed by atoms with Crippen molar-refractivity contribution in [1.29, 1.82) is 0 Å². The van der Waals surface area contributed by atoms with Crippen LogP contribution in [0.15, 0.2) is 48.6 Å². The lowest BCUT2D eigenvalue weighted by Gasteiger charge is -2.26. The van der Waals surface area contributed by atoms with Crippen LogP contribution in [0.2, 0.25) is 0 Å². The number of aliphatic hydroxyl groups is 1. The predicted molar refractivity (Wildman–Crippen MR) is 464 cm³/mol. The zero-order valence-corrected chi connectivity index (χ0v) is 76.0. The number of nitrogens with one attached hydrogen (secondary N) is 7. The number of amides is 18. The first-order chi connectivity index (χ1) is 59.8. The Bertz CT molecular complexity index is 4030. The first-order valence-electron chi connectivity index (χ1n) is 43.4. The summed E-state index contributed by atoms with van der Waals surface area (Å²) in [6.07, 6.45) is 14.6. The van der Waals surface area contributed by atoms with Gasteiger partial charge in [-0.3, -0.25) is 120 Å². The van der Waals surface area contributed by atoms with E-state index in [0.717, 1.165) is 43.9 Å². The molecule has 0 spiro atoms. The molecule has 4 rings (SSSR count). The minimum Gasteiger partial charge on any atom is -0.481 e. The van der Waals surface area contributed by atoms with Gasteiger partial charge in [-0.25, -0.2) is 14.4 Å². The van der Waals surface area contributed by atoms with Crippen LogP contribution in [0.4, 0.5) is 14.4 Å². The molecule has 18 amide bonds. The molecule has 0 aromatic rings. The quantitative estimate of drug-likeness (QED) is 0.0308. The van der Waals surface area contributed by atoms with Gasteiger partial charge in [-0.15, -0.1) is 0 Å². The lowest BCUT2D eigenvalue weighted by molar-refractivity contribution is -0.139. The van der Waals surface area contributed by atoms with Crippen molar-refractivity contribution in [1.82, 2.24) is 56.8 Å². The molecule has 0 bridgehead atoms. The number of urea groups is 3. The molecular formula is C88H134N14O26. The fraction of sp³-hybridized carbons (Fsp3) is 0.636. The van der Waals surface area contributed by atoms with Gasteiger partial charge in [0.1, 0.15) is 29.2 Å². The minimum absolute atomic E-state index is 0.0143. The van der Waals surface area contributed by atoms with Gasteiger partial charge in [-0.1, -0.05) is 95.9 Å². The highest BCUT2D eigenvalue weighted by atomic mass is 16.4. The third-order valence-corrected chi connectivity index (χ3v) is 20.8. The molecule has 0 unspecified atom stereocenters. The smallest absolute Gasteiger partial charge is 0.312 e. The summed E-state index contributed by atoms with van der Waals surface area (Å²) in [5, 5.41) is 36.4. The van der Waals surface area contributed by atoms with Gasteiger partial charge in [0.15, 0.2) is 23.1 Å². The van der Waals surface area contributed by atoms with E-state index >= 15 is 0 Å². The summed E-state index contributed by atoms with van der Waals surface area (Å²) in [5.74, 6) is -10.8. The number of carboxylic acids is 1. The van der Waals surface area contributed by atoms with E-state index in [1.54, 1.807) is 90.0 Å². The Morgan fingerprint density at radius 3 is 1.05 bits per heavy atom. The average molecular weight is 1800 g/mol. The molecule has 0 radical (unpaired) electrons. The summed E-state index contributed by atoms with van der Waals surface area (Å²) in [6, 6.07) is -5.61. The van der Waals surface area contributed by atoms with Gasteiger partial charge in [0.2, 0.25) is 23.6 Å². The Balaban J connectivity index is 0.000000861. The summed E-state index contributed by atoms with van der Waals surface area (Å²) in [4.78, 5) is 290. The summed E-state index contributed by atoms with van der Waals surface area (Å²) in [6.45, 7) is 23.1. The van der Waals surface area contributed by atoms with Crippen LogP contribution in [-0.2, 0) is 101 Å². The van der Waals surface area contributed by atoms with E-state index in [2.05, 4.69) is 37.2 Å². The normalized spacial score (nSPS) is 15.2. The number of aliphatic carboxylic acids is 1. The van der Waals surface area contributed by atoms with Crippen LogP contribution < -0.4 is 54.4 Å². The van der Waals surface area contributed by atoms with Crippen molar-refractivity contribution >= 4 is 141 Å². The Morgan fingerprint density at radius 1 is 0.352 bits per heavy atom. The number of imide groups is 4. The van der Waals surface area contributed by atoms with Crippen molar-refractivity contribution in [3.05, 3.63) is 48.6 Å². The van der Waals surface area contributed by atoms with Crippen LogP contribution >= 0.6 is 0 Å². The topological polar surface area (TPSA) is 625 Å². The highest BCUT2D eigenvalue weighted by Crippen LogP contribution is 2.28. The maximum absolute atomic E-state index is 13.2. The molecule has 4 aliphatic heterocycles. The second kappa shape index (κ2) is 59.1. The number of carboxylic acid groups (broad SMARTS) is 1. The molecule has 712 valence electrons. The molecule has 15 N–H and O–H groups in total. The first-order valence-corrected chi connectivity index (χ1v) is 43.4. The summed E-state index contributed by atoms with van der Waals surface area (Å²) >= 11 is 0. The molecule has 0 saturated heterocycles. The van der Waals surface area contributed by atoms with Crippen LogP contribution in [0, 0.1) is 52.8 Å². The summed E-state index contributed by atoms with van der Waals surface area (Å²) < 4.78 is 0. The van der Waals surface area contributed by atoms with Gasteiger partial charge in [0.25, 0.3) is 47.3 Å². The van der Waals surface area contributed by atoms with Crippen LogP contribution in [0.1, 0.15) is 231 Å². The van der Waals surface area contributed by atoms with Gasteiger partial charge in [-0.05, 0) is 83.5 Å². The molecule has 4 heterocycles. The van der Waals surface area contributed by atoms with Crippen LogP contribution in [0.5, 0.6) is 0 Å². The van der Waals surface area contributed by atoms with Gasteiger partial charge in [-0.2, -0.15) is 0 Å². The Labute approximate surface area is 746 Å². The molecule has 128 heavy (non-hydrogen) atoms. The third kappa shape index (κ3) is 44.9. The zero-order valence-electron chi connectivity index (χ0n) is 76.0. The lowest BCUT2D eigenvalue weighted by atomic mass is 9.78. The van der Waals surface area contributed by atoms with E-state index in [1.807, 2.05) is 0 Å². The third-order valence-electron chi connectivity index (χ3n) is 20.8. The van der Waals surface area contributed by atoms with Crippen molar-refractivity contribution in [2.45, 2.75) is 255 Å². The second-order valence-electron chi connectivity index (χ2n) is 34.0. The predicted octanol–water partition coefficient (Wildman–Crippen LogP) is 2.98. The maximum Gasteiger partial charge on any atom is 0.312 e. The molecule has 0 aromatic heterocycles. The van der Waals surface area contributed by atoms with E-state index in [0.29, 0.717) is 77.2 Å². The number of rotatable bonds is 58. The van der Waals surface area contributed by atoms with E-state index < -0.39 is 125 Å². The standard InChI is InChI=1S/C24H38N4O7.C24H36N2O7.C23H36N6O7.C17H24N2O5/c1-24(2,3)22(34)16(8-7-12-26-23(25)35)14-18(30)17(15-29)27-19(31)9-5-4-6-13-28-20(32)10-11-21(28)33;1-15(2)23(18(27)14-17(9-12-22(31)32)24(33)16(3)4)25-19(28)8-6-5-7-13-26-20(29)10-11-21(26)30;1-14(2)21(34)15(5-3-10-26-22(24)35)13-17(30)16(6-4-11-27-23(25)36)28-18(31)9-12-29-19(32)7-8-20(29)33;1-10(2)17(24)11(3)9-13(20)12(4)18-14(21)7-8-19-15(22)5-6-16(19)23/h10-11,16-17,29H,4-9,12-15H2,1-3H3,(H,27,31)(H3,25,26,35);10-11,15-17,23H,5-9,12-14H2,1-4H3,(H,25,28)(H,31,32);7-8,14-16H,3-6,9-13H2,1-2H3,(H,28,31)(H3,24,26,35)(H3,25,27,36);5-6,10-12H,7-9H2,1-4H3,(H,18,21)/t16-,17+;17-,23+;15-,16+;11-,12+/m1111/s1. The number of aliphatic hydroxyl groups excluding tert-OH is 1. The number of nitrogens with zero attached hydrogens (tertiary/aromatic N) is 4. The van der Waals surface area contributed by atoms with Crippen molar-refractivity contribution < 1.29 is 125 Å². The van der Waals surface area contributed by atoms with Crippen molar-refractivity contribution in [3.63, 3.8) is 0 Å². The molecular weight excluding hydrogens is 1670 g/mol. The van der Waals surface area contributed by atoms with E-state index in [1.165, 1.54) is 24.3 Å². The number of ketones is 8. The minimum atomic E-state index is -1.12. The molecule has 8 atom stereocenters. The molecule has 0 aromatic carbocycles. The molecule has 0 saturated carbocycles. The number of hydrogen-bond donors (Lipinski definition) is 12. The van der Waals surface area contributed by atoms with Gasteiger partial charge in [0, 0.05) is 199 Å². The number of hydrogen-bond acceptors (Lipinski definition) is 25. The number of Topliss-reactive ketones (excluding diaryl/α,β-unsaturated/α-hetero) is 8. The highest BCUT2D eigenvalue weighted by molar-refractivity contribution is 6.15. The van der Waals surface area contributed by atoms with Crippen LogP contribution in [0.25, 0.3) is 0 Å². The van der Waals surface area contributed by atoms with Gasteiger partial charge >= 0.3 is 24.1 Å². The van der Waals surface area contributed by atoms with Crippen molar-refractivity contribution in [3.8, 4) is 0 Å². The summed E-state index contributed by atoms with van der Waals surface area (Å²) in [5.41, 5.74) is 14.5. The van der Waals surface area contributed by atoms with E-state index in [-0.39, 0.29) is 210 Å². The highest BCUT2D eigenvalue weighted by Gasteiger charge is 2.37. The number of unbranched alkanes of at least 4 members (excludes halogenated alkanes) is 4. The average Bonchev–Trinajstić information content (AvgIpc) is 1.81. The number of carbonyl (C=O) groups is 24. The second-order valence-corrected chi connectivity index (χ2v) is 34.0. The molecule has 0 fully saturated rings. The molecule has 40 nitrogen and oxygen atoms in total. The fourth-order valence-corrected chi connectivity index (χ4v) is 13.6. The molecule has 0 aliphatic carbocycles. The fourth-order valence-electron chi connectivity index (χ4n) is 13.6. The maximum atomic E-state index is 13.2. The van der Waals surface area contributed by atoms with Gasteiger partial charge < -0.3 is 64.6 Å². The molecule has 40 heteroatoms. The largest absolute Gasteiger partial charge is 0.481 e. The zero-order chi connectivity index (χ0) is 97.4. The van der Waals surface area contributed by atoms with E-state index in [9.17, 15) is 120 Å². The van der Waals surface area contributed by atoms with Crippen LogP contribution in [-0.4, -0.2) is 248 Å². The number of nitrogens with two attached hydrogens (primary N) is 3. The van der Waals surface area contributed by atoms with Crippen molar-refractivity contribution in [2.24, 2.45) is 70.0 Å². The number of primary amides is 3. The SMILES string of the molecule is CC(C)(C)C(=O)[C@H](CCCNC(N)=O)CC(=O)[C@H](CO)NC(=O)CCCCCN1C(=O)C=CC1=O.CC(C)C(=O)[C@H](C)CC(=O)[C@H](C)NC(=O)CCN1C(=O)C=CC1=O.CC(C)C(=O)[C@H](CCC(=O)O)CC(=O)[C@@H](NC(=O)CCCCCN1C(=O)C=CC1=O)C(C)C.CC(C)C(=O)[C@H](CCCNC(N)=O)CC(=O)[C@H](CCCNC(N)=O)NC(=O)CCN1C(=O)C=CC1=O. The summed E-state index contributed by atoms with van der Waals surface area (Å²) in [7, 11) is 0. The van der Waals surface area contributed by atoms with Crippen LogP contribution in [0.3, 0.4) is 0 Å². The monoisotopic (exact) mass is 1800 g/mol. The Hall–Kier alpha value is -12.0. The van der Waals surface area contributed by atoms with Gasteiger partial charge in [0.05, 0.1) is 24.7 Å². The Kier molecular flexibility index (Phi) is 52.7. The Morgan fingerprint density at radius 2 is 0.680 bits per heavy atom.